The Bertz CT molecular complexity index is 1210. The van der Waals surface area contributed by atoms with Gasteiger partial charge in [-0.25, -0.2) is 19.0 Å². The Morgan fingerprint density at radius 1 is 1.07 bits per heavy atom. The van der Waals surface area contributed by atoms with E-state index in [-0.39, 0.29) is 18.3 Å². The molecule has 0 saturated carbocycles. The maximum absolute atomic E-state index is 12.5. The van der Waals surface area contributed by atoms with Gasteiger partial charge in [-0.3, -0.25) is 4.98 Å². The fourth-order valence-electron chi connectivity index (χ4n) is 2.90. The van der Waals surface area contributed by atoms with Crippen molar-refractivity contribution in [1.29, 1.82) is 0 Å². The largest absolute Gasteiger partial charge is 0.467 e. The Hall–Kier alpha value is -3.46. The van der Waals surface area contributed by atoms with E-state index in [0.717, 1.165) is 22.6 Å². The molecule has 0 aliphatic rings. The van der Waals surface area contributed by atoms with Gasteiger partial charge in [0.1, 0.15) is 12.3 Å². The van der Waals surface area contributed by atoms with Crippen LogP contribution in [0.25, 0.3) is 17.1 Å². The smallest absolute Gasteiger partial charge is 0.353 e. The molecule has 4 rings (SSSR count). The van der Waals surface area contributed by atoms with Crippen LogP contribution in [0.3, 0.4) is 0 Å². The van der Waals surface area contributed by atoms with Crippen molar-refractivity contribution in [2.75, 3.05) is 7.11 Å². The molecule has 0 amide bonds. The summed E-state index contributed by atoms with van der Waals surface area (Å²) in [5.74, 6) is 0. The molecule has 0 spiro atoms. The second-order valence-electron chi connectivity index (χ2n) is 6.31. The van der Waals surface area contributed by atoms with E-state index in [1.54, 1.807) is 7.05 Å². The van der Waals surface area contributed by atoms with E-state index in [2.05, 4.69) is 15.1 Å². The van der Waals surface area contributed by atoms with Crippen molar-refractivity contribution in [3.05, 3.63) is 69.6 Å². The summed E-state index contributed by atoms with van der Waals surface area (Å²) in [6, 6.07) is 13.5. The van der Waals surface area contributed by atoms with Gasteiger partial charge in [-0.2, -0.15) is 0 Å². The molecule has 4 aromatic rings. The average molecular weight is 409 g/mol. The number of para-hydroxylation sites is 1. The van der Waals surface area contributed by atoms with E-state index in [4.69, 9.17) is 9.47 Å². The van der Waals surface area contributed by atoms with Crippen LogP contribution in [0, 0.1) is 6.92 Å². The maximum Gasteiger partial charge on any atom is 0.353 e. The first-order valence-electron chi connectivity index (χ1n) is 8.87. The molecule has 0 radical (unpaired) electrons. The summed E-state index contributed by atoms with van der Waals surface area (Å²) in [7, 11) is 3.06. The van der Waals surface area contributed by atoms with Gasteiger partial charge in [0.25, 0.3) is 5.19 Å². The summed E-state index contributed by atoms with van der Waals surface area (Å²) in [5.41, 5.74) is 3.68. The summed E-state index contributed by atoms with van der Waals surface area (Å²) >= 11 is 1.40. The zero-order valence-corrected chi connectivity index (χ0v) is 17.0. The SMILES string of the molecule is COc1nn(C)c(=O)n1-c1ccccc1COc1nc(-c2cccc(C)n2)cs1. The number of hydrogen-bond donors (Lipinski definition) is 0. The van der Waals surface area contributed by atoms with E-state index in [1.807, 2.05) is 54.8 Å². The number of ether oxygens (including phenoxy) is 2. The molecule has 3 heterocycles. The molecule has 0 saturated heterocycles. The highest BCUT2D eigenvalue weighted by Crippen LogP contribution is 2.27. The lowest BCUT2D eigenvalue weighted by molar-refractivity contribution is 0.303. The average Bonchev–Trinajstić information content (AvgIpc) is 3.31. The summed E-state index contributed by atoms with van der Waals surface area (Å²) in [4.78, 5) is 21.5. The van der Waals surface area contributed by atoms with Crippen molar-refractivity contribution in [1.82, 2.24) is 24.3 Å². The molecule has 0 bridgehead atoms. The third-order valence-electron chi connectivity index (χ3n) is 4.30. The van der Waals surface area contributed by atoms with Crippen LogP contribution >= 0.6 is 11.3 Å². The van der Waals surface area contributed by atoms with Gasteiger partial charge in [0.2, 0.25) is 0 Å². The highest BCUT2D eigenvalue weighted by atomic mass is 32.1. The molecule has 1 aromatic carbocycles. The lowest BCUT2D eigenvalue weighted by atomic mass is 10.2. The van der Waals surface area contributed by atoms with Gasteiger partial charge in [0.05, 0.1) is 18.5 Å². The number of benzene rings is 1. The van der Waals surface area contributed by atoms with Crippen LogP contribution in [0.2, 0.25) is 0 Å². The van der Waals surface area contributed by atoms with Crippen LogP contribution in [0.4, 0.5) is 0 Å². The molecule has 0 fully saturated rings. The van der Waals surface area contributed by atoms with Gasteiger partial charge in [-0.15, -0.1) is 5.10 Å². The third kappa shape index (κ3) is 3.77. The minimum absolute atomic E-state index is 0.215. The van der Waals surface area contributed by atoms with Crippen LogP contribution in [-0.4, -0.2) is 31.4 Å². The Kier molecular flexibility index (Phi) is 5.13. The number of thiazole rings is 1. The molecular formula is C20H19N5O3S. The summed E-state index contributed by atoms with van der Waals surface area (Å²) in [6.45, 7) is 2.19. The first-order valence-corrected chi connectivity index (χ1v) is 9.75. The minimum Gasteiger partial charge on any atom is -0.467 e. The number of aryl methyl sites for hydroxylation is 2. The minimum atomic E-state index is -0.295. The fourth-order valence-corrected chi connectivity index (χ4v) is 3.56. The number of nitrogens with zero attached hydrogens (tertiary/aromatic N) is 5. The first kappa shape index (κ1) is 18.9. The molecule has 148 valence electrons. The second-order valence-corrected chi connectivity index (χ2v) is 7.13. The molecule has 0 atom stereocenters. The van der Waals surface area contributed by atoms with Crippen LogP contribution in [0.15, 0.2) is 52.6 Å². The van der Waals surface area contributed by atoms with Crippen molar-refractivity contribution >= 4 is 11.3 Å². The summed E-state index contributed by atoms with van der Waals surface area (Å²) in [5, 5.41) is 6.54. The quantitative estimate of drug-likeness (QED) is 0.487. The van der Waals surface area contributed by atoms with Crippen LogP contribution < -0.4 is 15.2 Å². The molecule has 8 nitrogen and oxygen atoms in total. The van der Waals surface area contributed by atoms with Crippen molar-refractivity contribution in [2.24, 2.45) is 7.05 Å². The molecule has 29 heavy (non-hydrogen) atoms. The lowest BCUT2D eigenvalue weighted by Gasteiger charge is -2.10. The van der Waals surface area contributed by atoms with Gasteiger partial charge in [0.15, 0.2) is 0 Å². The standard InChI is InChI=1S/C20H19N5O3S/c1-13-7-6-9-15(21-13)16-12-29-19(22-16)28-11-14-8-4-5-10-17(14)25-18(27-3)23-24(2)20(25)26/h4-10,12H,11H2,1-3H3. The van der Waals surface area contributed by atoms with Crippen molar-refractivity contribution in [3.63, 3.8) is 0 Å². The maximum atomic E-state index is 12.5. The first-order chi connectivity index (χ1) is 14.1. The van der Waals surface area contributed by atoms with E-state index < -0.39 is 0 Å². The summed E-state index contributed by atoms with van der Waals surface area (Å²) in [6.07, 6.45) is 0. The predicted octanol–water partition coefficient (Wildman–Crippen LogP) is 2.99. The number of pyridine rings is 1. The van der Waals surface area contributed by atoms with E-state index in [9.17, 15) is 4.79 Å². The molecule has 9 heteroatoms. The lowest BCUT2D eigenvalue weighted by Crippen LogP contribution is -2.22. The summed E-state index contributed by atoms with van der Waals surface area (Å²) < 4.78 is 13.8. The Morgan fingerprint density at radius 2 is 1.90 bits per heavy atom. The Balaban J connectivity index is 1.59. The van der Waals surface area contributed by atoms with Crippen molar-refractivity contribution < 1.29 is 9.47 Å². The van der Waals surface area contributed by atoms with Gasteiger partial charge < -0.3 is 9.47 Å². The van der Waals surface area contributed by atoms with E-state index in [1.165, 1.54) is 27.7 Å². The van der Waals surface area contributed by atoms with E-state index in [0.29, 0.717) is 10.9 Å². The monoisotopic (exact) mass is 409 g/mol. The number of hydrogen-bond acceptors (Lipinski definition) is 7. The Morgan fingerprint density at radius 3 is 2.69 bits per heavy atom. The topological polar surface area (TPSA) is 84.1 Å². The molecule has 0 unspecified atom stereocenters. The van der Waals surface area contributed by atoms with Gasteiger partial charge in [-0.1, -0.05) is 35.6 Å². The third-order valence-corrected chi connectivity index (χ3v) is 5.05. The van der Waals surface area contributed by atoms with Crippen molar-refractivity contribution in [3.8, 4) is 28.3 Å². The molecular weight excluding hydrogens is 390 g/mol. The van der Waals surface area contributed by atoms with Gasteiger partial charge in [-0.05, 0) is 25.1 Å². The Labute approximate surface area is 171 Å². The zero-order valence-electron chi connectivity index (χ0n) is 16.2. The van der Waals surface area contributed by atoms with Crippen LogP contribution in [0.1, 0.15) is 11.3 Å². The molecule has 0 N–H and O–H groups in total. The highest BCUT2D eigenvalue weighted by Gasteiger charge is 2.17. The second kappa shape index (κ2) is 7.88. The van der Waals surface area contributed by atoms with E-state index >= 15 is 0 Å². The van der Waals surface area contributed by atoms with Crippen LogP contribution in [-0.2, 0) is 13.7 Å². The normalized spacial score (nSPS) is 10.9. The van der Waals surface area contributed by atoms with Crippen LogP contribution in [0.5, 0.6) is 11.2 Å². The van der Waals surface area contributed by atoms with Crippen molar-refractivity contribution in [2.45, 2.75) is 13.5 Å². The van der Waals surface area contributed by atoms with Gasteiger partial charge >= 0.3 is 11.7 Å². The molecule has 0 aliphatic carbocycles. The number of rotatable bonds is 6. The highest BCUT2D eigenvalue weighted by molar-refractivity contribution is 7.11. The molecule has 3 aromatic heterocycles. The zero-order chi connectivity index (χ0) is 20.4. The van der Waals surface area contributed by atoms with Gasteiger partial charge in [0, 0.05) is 23.7 Å². The fraction of sp³-hybridized carbons (Fsp3) is 0.200. The number of methoxy groups -OCH3 is 1. The number of aromatic nitrogens is 5. The predicted molar refractivity (Wildman–Crippen MR) is 110 cm³/mol. The molecule has 0 aliphatic heterocycles.